The van der Waals surface area contributed by atoms with Gasteiger partial charge in [0.15, 0.2) is 5.78 Å². The van der Waals surface area contributed by atoms with Crippen LogP contribution in [-0.2, 0) is 12.2 Å². The number of halogens is 1. The summed E-state index contributed by atoms with van der Waals surface area (Å²) in [6.45, 7) is 0. The zero-order chi connectivity index (χ0) is 19.8. The van der Waals surface area contributed by atoms with Crippen molar-refractivity contribution in [1.82, 2.24) is 19.6 Å². The number of benzene rings is 2. The number of carbonyl (C=O) groups excluding carboxylic acids is 1. The molecular formula is C22H17ClN4OS. The SMILES string of the molecule is O=C1C[C@H](c2ccc(Cl)cc2)Cc2nc3nc(SCc4ccccc4)nn3cc21. The number of aromatic nitrogens is 4. The lowest BCUT2D eigenvalue weighted by Gasteiger charge is -2.23. The first-order valence-electron chi connectivity index (χ1n) is 9.37. The Morgan fingerprint density at radius 3 is 2.62 bits per heavy atom. The van der Waals surface area contributed by atoms with E-state index < -0.39 is 0 Å². The van der Waals surface area contributed by atoms with Crippen LogP contribution in [0.4, 0.5) is 0 Å². The predicted octanol–water partition coefficient (Wildman–Crippen LogP) is 4.98. The fraction of sp³-hybridized carbons (Fsp3) is 0.182. The van der Waals surface area contributed by atoms with Crippen LogP contribution in [0.5, 0.6) is 0 Å². The van der Waals surface area contributed by atoms with Gasteiger partial charge in [-0.1, -0.05) is 65.8 Å². The highest BCUT2D eigenvalue weighted by Crippen LogP contribution is 2.32. The molecule has 0 fully saturated rings. The molecule has 0 aliphatic heterocycles. The van der Waals surface area contributed by atoms with Crippen LogP contribution in [0.2, 0.25) is 5.02 Å². The van der Waals surface area contributed by atoms with Gasteiger partial charge in [0.1, 0.15) is 0 Å². The summed E-state index contributed by atoms with van der Waals surface area (Å²) in [5, 5.41) is 5.85. The van der Waals surface area contributed by atoms with Crippen molar-refractivity contribution in [1.29, 1.82) is 0 Å². The summed E-state index contributed by atoms with van der Waals surface area (Å²) in [7, 11) is 0. The normalized spacial score (nSPS) is 16.2. The van der Waals surface area contributed by atoms with Gasteiger partial charge in [0.2, 0.25) is 5.16 Å². The first kappa shape index (κ1) is 18.3. The lowest BCUT2D eigenvalue weighted by molar-refractivity contribution is 0.0962. The van der Waals surface area contributed by atoms with Crippen molar-refractivity contribution in [2.45, 2.75) is 29.7 Å². The summed E-state index contributed by atoms with van der Waals surface area (Å²) in [5.74, 6) is 1.52. The monoisotopic (exact) mass is 420 g/mol. The Morgan fingerprint density at radius 1 is 1.03 bits per heavy atom. The smallest absolute Gasteiger partial charge is 0.253 e. The molecule has 0 saturated carbocycles. The Hall–Kier alpha value is -2.70. The molecule has 4 aromatic rings. The molecule has 7 heteroatoms. The van der Waals surface area contributed by atoms with Crippen molar-refractivity contribution in [3.05, 3.63) is 88.2 Å². The molecule has 1 aliphatic rings. The summed E-state index contributed by atoms with van der Waals surface area (Å²) in [6.07, 6.45) is 2.95. The van der Waals surface area contributed by atoms with Gasteiger partial charge in [-0.25, -0.2) is 9.50 Å². The molecule has 0 spiro atoms. The number of carbonyl (C=O) groups is 1. The van der Waals surface area contributed by atoms with Crippen molar-refractivity contribution >= 4 is 34.9 Å². The molecule has 2 aromatic heterocycles. The van der Waals surface area contributed by atoms with Crippen LogP contribution in [0.15, 0.2) is 66.0 Å². The van der Waals surface area contributed by atoms with Crippen molar-refractivity contribution < 1.29 is 4.79 Å². The first-order valence-corrected chi connectivity index (χ1v) is 10.7. The number of hydrogen-bond acceptors (Lipinski definition) is 5. The second-order valence-corrected chi connectivity index (χ2v) is 8.47. The van der Waals surface area contributed by atoms with Gasteiger partial charge in [0.25, 0.3) is 5.78 Å². The Balaban J connectivity index is 1.41. The second kappa shape index (κ2) is 7.61. The van der Waals surface area contributed by atoms with Crippen LogP contribution in [0.3, 0.4) is 0 Å². The molecule has 0 bridgehead atoms. The quantitative estimate of drug-likeness (QED) is 0.435. The average Bonchev–Trinajstić information content (AvgIpc) is 3.14. The van der Waals surface area contributed by atoms with Crippen molar-refractivity contribution in [3.8, 4) is 0 Å². The van der Waals surface area contributed by atoms with Gasteiger partial charge < -0.3 is 0 Å². The molecule has 5 nitrogen and oxygen atoms in total. The van der Waals surface area contributed by atoms with Gasteiger partial charge in [-0.15, -0.1) is 5.10 Å². The van der Waals surface area contributed by atoms with E-state index >= 15 is 0 Å². The third-order valence-corrected chi connectivity index (χ3v) is 6.28. The third-order valence-electron chi connectivity index (χ3n) is 5.12. The van der Waals surface area contributed by atoms with Gasteiger partial charge in [0.05, 0.1) is 11.3 Å². The first-order chi connectivity index (χ1) is 14.2. The van der Waals surface area contributed by atoms with Crippen LogP contribution in [0.1, 0.15) is 39.5 Å². The van der Waals surface area contributed by atoms with Gasteiger partial charge in [-0.3, -0.25) is 4.79 Å². The highest BCUT2D eigenvalue weighted by Gasteiger charge is 2.28. The molecule has 1 atom stereocenters. The number of thioether (sulfide) groups is 1. The minimum absolute atomic E-state index is 0.0922. The fourth-order valence-electron chi connectivity index (χ4n) is 3.62. The van der Waals surface area contributed by atoms with E-state index in [0.717, 1.165) is 17.0 Å². The molecule has 144 valence electrons. The maximum Gasteiger partial charge on any atom is 0.253 e. The van der Waals surface area contributed by atoms with Gasteiger partial charge >= 0.3 is 0 Å². The number of hydrogen-bond donors (Lipinski definition) is 0. The van der Waals surface area contributed by atoms with E-state index in [4.69, 9.17) is 11.6 Å². The van der Waals surface area contributed by atoms with E-state index in [0.29, 0.717) is 34.4 Å². The standard InChI is InChI=1S/C22H17ClN4OS/c23-17-8-6-15(7-9-17)16-10-19-18(20(28)11-16)12-27-21(24-19)25-22(26-27)29-13-14-4-2-1-3-5-14/h1-9,12,16H,10-11,13H2/t16-/m1/s1. The summed E-state index contributed by atoms with van der Waals surface area (Å²) in [4.78, 5) is 22.0. The number of fused-ring (bicyclic) bond motifs is 2. The Labute approximate surface area is 177 Å². The van der Waals surface area contributed by atoms with Crippen molar-refractivity contribution in [2.75, 3.05) is 0 Å². The lowest BCUT2D eigenvalue weighted by Crippen LogP contribution is -2.21. The van der Waals surface area contributed by atoms with Crippen LogP contribution in [0.25, 0.3) is 5.78 Å². The van der Waals surface area contributed by atoms with E-state index in [1.807, 2.05) is 42.5 Å². The minimum Gasteiger partial charge on any atom is -0.294 e. The number of rotatable bonds is 4. The number of ketones is 1. The fourth-order valence-corrected chi connectivity index (χ4v) is 4.52. The minimum atomic E-state index is 0.0922. The molecule has 1 aliphatic carbocycles. The van der Waals surface area contributed by atoms with Crippen LogP contribution in [-0.4, -0.2) is 25.4 Å². The molecule has 0 unspecified atom stereocenters. The van der Waals surface area contributed by atoms with Gasteiger partial charge in [-0.05, 0) is 35.6 Å². The number of Topliss-reactive ketones (excluding diaryl/α,β-unsaturated/α-hetero) is 1. The summed E-state index contributed by atoms with van der Waals surface area (Å²) < 4.78 is 1.62. The van der Waals surface area contributed by atoms with Gasteiger partial charge in [-0.2, -0.15) is 4.98 Å². The molecule has 29 heavy (non-hydrogen) atoms. The summed E-state index contributed by atoms with van der Waals surface area (Å²) in [5.41, 5.74) is 3.76. The molecule has 0 radical (unpaired) electrons. The van der Waals surface area contributed by atoms with Crippen LogP contribution >= 0.6 is 23.4 Å². The van der Waals surface area contributed by atoms with Crippen LogP contribution in [0, 0.1) is 0 Å². The molecule has 2 heterocycles. The topological polar surface area (TPSA) is 60.2 Å². The largest absolute Gasteiger partial charge is 0.294 e. The molecular weight excluding hydrogens is 404 g/mol. The molecule has 0 amide bonds. The molecule has 0 N–H and O–H groups in total. The van der Waals surface area contributed by atoms with Crippen molar-refractivity contribution in [3.63, 3.8) is 0 Å². The zero-order valence-corrected chi connectivity index (χ0v) is 17.0. The van der Waals surface area contributed by atoms with E-state index in [9.17, 15) is 4.79 Å². The Bertz CT molecular complexity index is 1190. The van der Waals surface area contributed by atoms with E-state index in [-0.39, 0.29) is 11.7 Å². The van der Waals surface area contributed by atoms with Crippen molar-refractivity contribution in [2.24, 2.45) is 0 Å². The molecule has 0 saturated heterocycles. The Kier molecular flexibility index (Phi) is 4.81. The maximum atomic E-state index is 12.8. The van der Waals surface area contributed by atoms with E-state index in [1.165, 1.54) is 5.56 Å². The second-order valence-electron chi connectivity index (χ2n) is 7.09. The third kappa shape index (κ3) is 3.78. The Morgan fingerprint density at radius 2 is 1.83 bits per heavy atom. The summed E-state index contributed by atoms with van der Waals surface area (Å²) >= 11 is 7.55. The number of nitrogens with zero attached hydrogens (tertiary/aromatic N) is 4. The van der Waals surface area contributed by atoms with E-state index in [2.05, 4.69) is 27.2 Å². The molecule has 2 aromatic carbocycles. The predicted molar refractivity (Wildman–Crippen MR) is 114 cm³/mol. The highest BCUT2D eigenvalue weighted by molar-refractivity contribution is 7.98. The summed E-state index contributed by atoms with van der Waals surface area (Å²) in [6, 6.07) is 17.9. The van der Waals surface area contributed by atoms with E-state index in [1.54, 1.807) is 22.5 Å². The van der Waals surface area contributed by atoms with Gasteiger partial charge in [0, 0.05) is 23.4 Å². The average molecular weight is 421 g/mol. The maximum absolute atomic E-state index is 12.8. The zero-order valence-electron chi connectivity index (χ0n) is 15.5. The molecule has 5 rings (SSSR count). The lowest BCUT2D eigenvalue weighted by atomic mass is 9.82. The highest BCUT2D eigenvalue weighted by atomic mass is 35.5. The van der Waals surface area contributed by atoms with Crippen LogP contribution < -0.4 is 0 Å².